The van der Waals surface area contributed by atoms with Gasteiger partial charge in [-0.05, 0) is 18.6 Å². The summed E-state index contributed by atoms with van der Waals surface area (Å²) in [4.78, 5) is 24.8. The van der Waals surface area contributed by atoms with Crippen molar-refractivity contribution in [2.24, 2.45) is 0 Å². The molecule has 2 heterocycles. The highest BCUT2D eigenvalue weighted by atomic mass is 32.2. The quantitative estimate of drug-likeness (QED) is 0.772. The maximum absolute atomic E-state index is 11.7. The summed E-state index contributed by atoms with van der Waals surface area (Å²) in [7, 11) is 0. The van der Waals surface area contributed by atoms with E-state index in [9.17, 15) is 9.59 Å². The van der Waals surface area contributed by atoms with Crippen molar-refractivity contribution >= 4 is 23.6 Å². The SMILES string of the molecule is O=C1CCN(CC2CCCCS2)C(=O)CN1. The second-order valence-corrected chi connectivity index (χ2v) is 5.76. The second kappa shape index (κ2) is 5.57. The zero-order valence-electron chi connectivity index (χ0n) is 9.41. The first-order chi connectivity index (χ1) is 7.75. The molecule has 16 heavy (non-hydrogen) atoms. The van der Waals surface area contributed by atoms with Gasteiger partial charge in [0.2, 0.25) is 11.8 Å². The Kier molecular flexibility index (Phi) is 4.09. The van der Waals surface area contributed by atoms with Crippen LogP contribution in [-0.2, 0) is 9.59 Å². The van der Waals surface area contributed by atoms with Crippen LogP contribution < -0.4 is 5.32 Å². The molecule has 0 aromatic carbocycles. The maximum atomic E-state index is 11.7. The molecule has 2 rings (SSSR count). The van der Waals surface area contributed by atoms with E-state index in [0.717, 1.165) is 6.54 Å². The Labute approximate surface area is 100 Å². The zero-order valence-corrected chi connectivity index (χ0v) is 10.2. The van der Waals surface area contributed by atoms with E-state index < -0.39 is 0 Å². The lowest BCUT2D eigenvalue weighted by atomic mass is 10.2. The van der Waals surface area contributed by atoms with E-state index in [-0.39, 0.29) is 18.4 Å². The van der Waals surface area contributed by atoms with Gasteiger partial charge in [-0.25, -0.2) is 0 Å². The number of carbonyl (C=O) groups is 2. The number of nitrogens with one attached hydrogen (secondary N) is 1. The summed E-state index contributed by atoms with van der Waals surface area (Å²) in [5.74, 6) is 1.27. The van der Waals surface area contributed by atoms with Crippen LogP contribution in [0.3, 0.4) is 0 Å². The first-order valence-corrected chi connectivity index (χ1v) is 6.96. The molecular formula is C11H18N2O2S. The number of rotatable bonds is 2. The average molecular weight is 242 g/mol. The lowest BCUT2D eigenvalue weighted by molar-refractivity contribution is -0.130. The van der Waals surface area contributed by atoms with Crippen molar-refractivity contribution in [3.63, 3.8) is 0 Å². The number of thioether (sulfide) groups is 1. The van der Waals surface area contributed by atoms with Gasteiger partial charge in [-0.15, -0.1) is 0 Å². The number of amides is 2. The van der Waals surface area contributed by atoms with E-state index in [1.165, 1.54) is 25.0 Å². The Morgan fingerprint density at radius 1 is 1.38 bits per heavy atom. The highest BCUT2D eigenvalue weighted by molar-refractivity contribution is 7.99. The Hall–Kier alpha value is -0.710. The summed E-state index contributed by atoms with van der Waals surface area (Å²) >= 11 is 1.97. The molecule has 4 nitrogen and oxygen atoms in total. The molecule has 2 aliphatic heterocycles. The molecule has 1 N–H and O–H groups in total. The van der Waals surface area contributed by atoms with Gasteiger partial charge in [-0.2, -0.15) is 11.8 Å². The lowest BCUT2D eigenvalue weighted by Crippen LogP contribution is -2.39. The summed E-state index contributed by atoms with van der Waals surface area (Å²) < 4.78 is 0. The van der Waals surface area contributed by atoms with Gasteiger partial charge in [0.05, 0.1) is 6.54 Å². The molecule has 0 aliphatic carbocycles. The van der Waals surface area contributed by atoms with Gasteiger partial charge in [0, 0.05) is 24.8 Å². The number of nitrogens with zero attached hydrogens (tertiary/aromatic N) is 1. The fraction of sp³-hybridized carbons (Fsp3) is 0.818. The summed E-state index contributed by atoms with van der Waals surface area (Å²) in [6, 6.07) is 0. The molecule has 2 aliphatic rings. The zero-order chi connectivity index (χ0) is 11.4. The third-order valence-corrected chi connectivity index (χ3v) is 4.48. The fourth-order valence-electron chi connectivity index (χ4n) is 2.13. The fourth-order valence-corrected chi connectivity index (χ4v) is 3.45. The van der Waals surface area contributed by atoms with Crippen LogP contribution in [0.15, 0.2) is 0 Å². The van der Waals surface area contributed by atoms with Gasteiger partial charge in [-0.1, -0.05) is 6.42 Å². The predicted molar refractivity (Wildman–Crippen MR) is 64.3 cm³/mol. The first kappa shape index (κ1) is 11.8. The molecule has 0 aromatic rings. The van der Waals surface area contributed by atoms with E-state index in [1.54, 1.807) is 0 Å². The standard InChI is InChI=1S/C11H18N2O2S/c14-10-4-5-13(11(15)7-12-10)8-9-3-1-2-6-16-9/h9H,1-8H2,(H,12,14). The largest absolute Gasteiger partial charge is 0.347 e. The molecule has 2 fully saturated rings. The first-order valence-electron chi connectivity index (χ1n) is 5.92. The van der Waals surface area contributed by atoms with Crippen molar-refractivity contribution in [1.82, 2.24) is 10.2 Å². The van der Waals surface area contributed by atoms with Crippen molar-refractivity contribution in [2.45, 2.75) is 30.9 Å². The molecule has 0 aromatic heterocycles. The molecule has 5 heteroatoms. The monoisotopic (exact) mass is 242 g/mol. The van der Waals surface area contributed by atoms with Gasteiger partial charge >= 0.3 is 0 Å². The topological polar surface area (TPSA) is 49.4 Å². The van der Waals surface area contributed by atoms with Crippen LogP contribution >= 0.6 is 11.8 Å². The number of carbonyl (C=O) groups excluding carboxylic acids is 2. The van der Waals surface area contributed by atoms with Gasteiger partial charge in [0.25, 0.3) is 0 Å². The highest BCUT2D eigenvalue weighted by Gasteiger charge is 2.24. The molecule has 0 saturated carbocycles. The van der Waals surface area contributed by atoms with Gasteiger partial charge in [-0.3, -0.25) is 9.59 Å². The molecular weight excluding hydrogens is 224 g/mol. The van der Waals surface area contributed by atoms with Crippen LogP contribution in [0.1, 0.15) is 25.7 Å². The Morgan fingerprint density at radius 2 is 2.25 bits per heavy atom. The van der Waals surface area contributed by atoms with Crippen molar-refractivity contribution in [2.75, 3.05) is 25.4 Å². The van der Waals surface area contributed by atoms with Gasteiger partial charge in [0.1, 0.15) is 0 Å². The van der Waals surface area contributed by atoms with Crippen LogP contribution in [0.2, 0.25) is 0 Å². The van der Waals surface area contributed by atoms with Crippen LogP contribution in [0.25, 0.3) is 0 Å². The van der Waals surface area contributed by atoms with E-state index in [2.05, 4.69) is 5.32 Å². The minimum atomic E-state index is -0.00727. The van der Waals surface area contributed by atoms with E-state index in [1.807, 2.05) is 16.7 Å². The Morgan fingerprint density at radius 3 is 3.00 bits per heavy atom. The number of hydrogen-bond donors (Lipinski definition) is 1. The van der Waals surface area contributed by atoms with E-state index >= 15 is 0 Å². The van der Waals surface area contributed by atoms with Crippen molar-refractivity contribution in [3.05, 3.63) is 0 Å². The van der Waals surface area contributed by atoms with Crippen LogP contribution in [0, 0.1) is 0 Å². The molecule has 1 atom stereocenters. The van der Waals surface area contributed by atoms with Crippen molar-refractivity contribution in [3.8, 4) is 0 Å². The molecule has 1 unspecified atom stereocenters. The lowest BCUT2D eigenvalue weighted by Gasteiger charge is -2.28. The Balaban J connectivity index is 1.86. The van der Waals surface area contributed by atoms with Crippen molar-refractivity contribution < 1.29 is 9.59 Å². The number of hydrogen-bond acceptors (Lipinski definition) is 3. The molecule has 90 valence electrons. The van der Waals surface area contributed by atoms with Gasteiger partial charge < -0.3 is 10.2 Å². The summed E-state index contributed by atoms with van der Waals surface area (Å²) in [5.41, 5.74) is 0. The van der Waals surface area contributed by atoms with E-state index in [4.69, 9.17) is 0 Å². The second-order valence-electron chi connectivity index (χ2n) is 4.36. The van der Waals surface area contributed by atoms with Crippen LogP contribution in [0.4, 0.5) is 0 Å². The van der Waals surface area contributed by atoms with E-state index in [0.29, 0.717) is 18.2 Å². The third-order valence-electron chi connectivity index (χ3n) is 3.10. The smallest absolute Gasteiger partial charge is 0.242 e. The molecule has 0 radical (unpaired) electrons. The molecule has 0 spiro atoms. The molecule has 0 bridgehead atoms. The normalized spacial score (nSPS) is 27.5. The highest BCUT2D eigenvalue weighted by Crippen LogP contribution is 2.25. The summed E-state index contributed by atoms with van der Waals surface area (Å²) in [6.45, 7) is 1.58. The van der Waals surface area contributed by atoms with Crippen LogP contribution in [0.5, 0.6) is 0 Å². The minimum Gasteiger partial charge on any atom is -0.347 e. The molecule has 2 saturated heterocycles. The van der Waals surface area contributed by atoms with Gasteiger partial charge in [0.15, 0.2) is 0 Å². The predicted octanol–water partition coefficient (Wildman–Crippen LogP) is 0.621. The Bertz CT molecular complexity index is 277. The molecule has 2 amide bonds. The van der Waals surface area contributed by atoms with Crippen molar-refractivity contribution in [1.29, 1.82) is 0 Å². The maximum Gasteiger partial charge on any atom is 0.242 e. The average Bonchev–Trinajstić information content (AvgIpc) is 2.46. The summed E-state index contributed by atoms with van der Waals surface area (Å²) in [5, 5.41) is 3.20. The van der Waals surface area contributed by atoms with Crippen LogP contribution in [-0.4, -0.2) is 47.4 Å². The summed E-state index contributed by atoms with van der Waals surface area (Å²) in [6.07, 6.45) is 4.23. The third kappa shape index (κ3) is 3.14. The minimum absolute atomic E-state index is 0.00727.